The molecule has 0 aliphatic heterocycles. The average molecular weight is 336 g/mol. The number of rotatable bonds is 3. The first-order valence-corrected chi connectivity index (χ1v) is 6.46. The quantitative estimate of drug-likeness (QED) is 0.788. The van der Waals surface area contributed by atoms with Gasteiger partial charge < -0.3 is 0 Å². The summed E-state index contributed by atoms with van der Waals surface area (Å²) in [6.45, 7) is 0. The fourth-order valence-corrected chi connectivity index (χ4v) is 2.27. The van der Waals surface area contributed by atoms with Crippen molar-refractivity contribution in [2.45, 2.75) is 5.92 Å². The first-order valence-electron chi connectivity index (χ1n) is 5.66. The predicted molar refractivity (Wildman–Crippen MR) is 73.2 cm³/mol. The monoisotopic (exact) mass is 335 g/mol. The summed E-state index contributed by atoms with van der Waals surface area (Å²) in [4.78, 5) is 12.3. The number of ketones is 1. The third kappa shape index (κ3) is 3.09. The molecule has 0 radical (unpaired) electrons. The summed E-state index contributed by atoms with van der Waals surface area (Å²) in [5.74, 6) is -2.64. The van der Waals surface area contributed by atoms with Crippen LogP contribution in [0.1, 0.15) is 21.8 Å². The Bertz CT molecular complexity index is 672. The summed E-state index contributed by atoms with van der Waals surface area (Å²) in [7, 11) is 0. The standard InChI is InChI=1S/C15H8BrF2NO/c16-11-5-10(6-13(18)7-11)15(20)14(8-19)9-1-3-12(17)4-2-9/h1-7,14H. The van der Waals surface area contributed by atoms with Gasteiger partial charge in [-0.15, -0.1) is 0 Å². The Labute approximate surface area is 122 Å². The van der Waals surface area contributed by atoms with Crippen molar-refractivity contribution in [3.05, 3.63) is 69.7 Å². The van der Waals surface area contributed by atoms with Crippen LogP contribution in [0.4, 0.5) is 8.78 Å². The van der Waals surface area contributed by atoms with Crippen molar-refractivity contribution in [1.29, 1.82) is 5.26 Å². The number of nitriles is 1. The summed E-state index contributed by atoms with van der Waals surface area (Å²) in [5.41, 5.74) is 0.465. The first kappa shape index (κ1) is 14.4. The van der Waals surface area contributed by atoms with Crippen LogP contribution >= 0.6 is 15.9 Å². The third-order valence-corrected chi connectivity index (χ3v) is 3.20. The van der Waals surface area contributed by atoms with Gasteiger partial charge in [-0.25, -0.2) is 8.78 Å². The molecule has 0 bridgehead atoms. The zero-order valence-corrected chi connectivity index (χ0v) is 11.7. The number of carbonyl (C=O) groups excluding carboxylic acids is 1. The van der Waals surface area contributed by atoms with Gasteiger partial charge in [-0.2, -0.15) is 5.26 Å². The number of Topliss-reactive ketones (excluding diaryl/α,β-unsaturated/α-hetero) is 1. The molecule has 0 spiro atoms. The number of hydrogen-bond acceptors (Lipinski definition) is 2. The molecule has 0 N–H and O–H groups in total. The van der Waals surface area contributed by atoms with Gasteiger partial charge in [0.15, 0.2) is 5.78 Å². The molecule has 0 saturated heterocycles. The molecule has 0 fully saturated rings. The lowest BCUT2D eigenvalue weighted by Crippen LogP contribution is -2.11. The highest BCUT2D eigenvalue weighted by molar-refractivity contribution is 9.10. The van der Waals surface area contributed by atoms with Crippen LogP contribution in [-0.2, 0) is 0 Å². The molecule has 20 heavy (non-hydrogen) atoms. The van der Waals surface area contributed by atoms with Crippen LogP contribution in [-0.4, -0.2) is 5.78 Å². The third-order valence-electron chi connectivity index (χ3n) is 2.74. The first-order chi connectivity index (χ1) is 9.51. The van der Waals surface area contributed by atoms with E-state index in [2.05, 4.69) is 15.9 Å². The molecule has 0 aliphatic rings. The maximum atomic E-state index is 13.3. The second-order valence-corrected chi connectivity index (χ2v) is 5.05. The van der Waals surface area contributed by atoms with Crippen molar-refractivity contribution in [1.82, 2.24) is 0 Å². The van der Waals surface area contributed by atoms with E-state index in [0.29, 0.717) is 10.0 Å². The minimum Gasteiger partial charge on any atom is -0.292 e. The molecule has 100 valence electrons. The Hall–Kier alpha value is -2.06. The summed E-state index contributed by atoms with van der Waals surface area (Å²) in [5, 5.41) is 9.15. The molecule has 0 aliphatic carbocycles. The normalized spacial score (nSPS) is 11.7. The van der Waals surface area contributed by atoms with E-state index in [4.69, 9.17) is 5.26 Å². The van der Waals surface area contributed by atoms with Crippen molar-refractivity contribution in [2.75, 3.05) is 0 Å². The molecular weight excluding hydrogens is 328 g/mol. The van der Waals surface area contributed by atoms with E-state index in [1.165, 1.54) is 36.4 Å². The van der Waals surface area contributed by atoms with E-state index >= 15 is 0 Å². The van der Waals surface area contributed by atoms with Crippen molar-refractivity contribution in [3.8, 4) is 6.07 Å². The van der Waals surface area contributed by atoms with Gasteiger partial charge in [0.05, 0.1) is 6.07 Å². The Kier molecular flexibility index (Phi) is 4.26. The lowest BCUT2D eigenvalue weighted by molar-refractivity contribution is 0.0978. The molecule has 2 rings (SSSR count). The van der Waals surface area contributed by atoms with E-state index in [9.17, 15) is 13.6 Å². The minimum atomic E-state index is -1.09. The van der Waals surface area contributed by atoms with Crippen LogP contribution in [0.3, 0.4) is 0 Å². The topological polar surface area (TPSA) is 40.9 Å². The van der Waals surface area contributed by atoms with Gasteiger partial charge in [-0.1, -0.05) is 28.1 Å². The van der Waals surface area contributed by atoms with Crippen LogP contribution in [0.5, 0.6) is 0 Å². The Morgan fingerprint density at radius 3 is 2.30 bits per heavy atom. The lowest BCUT2D eigenvalue weighted by Gasteiger charge is -2.09. The van der Waals surface area contributed by atoms with Crippen LogP contribution in [0.25, 0.3) is 0 Å². The molecule has 0 saturated carbocycles. The highest BCUT2D eigenvalue weighted by Crippen LogP contribution is 2.23. The number of nitrogens with zero attached hydrogens (tertiary/aromatic N) is 1. The Morgan fingerprint density at radius 2 is 1.75 bits per heavy atom. The molecule has 0 amide bonds. The van der Waals surface area contributed by atoms with Gasteiger partial charge in [0, 0.05) is 10.0 Å². The van der Waals surface area contributed by atoms with Crippen LogP contribution in [0.2, 0.25) is 0 Å². The van der Waals surface area contributed by atoms with Crippen molar-refractivity contribution in [3.63, 3.8) is 0 Å². The highest BCUT2D eigenvalue weighted by Gasteiger charge is 2.22. The lowest BCUT2D eigenvalue weighted by atomic mass is 9.92. The minimum absolute atomic E-state index is 0.0905. The highest BCUT2D eigenvalue weighted by atomic mass is 79.9. The molecule has 2 aromatic carbocycles. The molecule has 0 heterocycles. The molecule has 2 nitrogen and oxygen atoms in total. The van der Waals surface area contributed by atoms with Crippen LogP contribution in [0, 0.1) is 23.0 Å². The predicted octanol–water partition coefficient (Wildman–Crippen LogP) is 4.22. The smallest absolute Gasteiger partial charge is 0.184 e. The average Bonchev–Trinajstić information content (AvgIpc) is 2.40. The number of benzene rings is 2. The van der Waals surface area contributed by atoms with Gasteiger partial charge in [0.2, 0.25) is 0 Å². The van der Waals surface area contributed by atoms with Crippen molar-refractivity contribution < 1.29 is 13.6 Å². The van der Waals surface area contributed by atoms with Gasteiger partial charge in [-0.05, 0) is 35.9 Å². The van der Waals surface area contributed by atoms with Gasteiger partial charge >= 0.3 is 0 Å². The summed E-state index contributed by atoms with van der Waals surface area (Å²) < 4.78 is 26.6. The van der Waals surface area contributed by atoms with Gasteiger partial charge in [-0.3, -0.25) is 4.79 Å². The summed E-state index contributed by atoms with van der Waals surface area (Å²) >= 11 is 3.09. The maximum absolute atomic E-state index is 13.3. The fourth-order valence-electron chi connectivity index (χ4n) is 1.80. The zero-order valence-electron chi connectivity index (χ0n) is 10.1. The van der Waals surface area contributed by atoms with E-state index in [0.717, 1.165) is 6.07 Å². The van der Waals surface area contributed by atoms with E-state index in [-0.39, 0.29) is 5.56 Å². The van der Waals surface area contributed by atoms with Gasteiger partial charge in [0.1, 0.15) is 17.6 Å². The second kappa shape index (κ2) is 5.93. The summed E-state index contributed by atoms with van der Waals surface area (Å²) in [6, 6.07) is 10.7. The van der Waals surface area contributed by atoms with E-state index < -0.39 is 23.3 Å². The fraction of sp³-hybridized carbons (Fsp3) is 0.0667. The molecule has 1 atom stereocenters. The SMILES string of the molecule is N#CC(C(=O)c1cc(F)cc(Br)c1)c1ccc(F)cc1. The van der Waals surface area contributed by atoms with Crippen LogP contribution < -0.4 is 0 Å². The molecular formula is C15H8BrF2NO. The Balaban J connectivity index is 2.39. The van der Waals surface area contributed by atoms with E-state index in [1.54, 1.807) is 0 Å². The van der Waals surface area contributed by atoms with Gasteiger partial charge in [0.25, 0.3) is 0 Å². The second-order valence-electron chi connectivity index (χ2n) is 4.14. The zero-order chi connectivity index (χ0) is 14.7. The molecule has 5 heteroatoms. The molecule has 2 aromatic rings. The van der Waals surface area contributed by atoms with Crippen molar-refractivity contribution in [2.24, 2.45) is 0 Å². The van der Waals surface area contributed by atoms with Crippen LogP contribution in [0.15, 0.2) is 46.9 Å². The molecule has 1 unspecified atom stereocenters. The largest absolute Gasteiger partial charge is 0.292 e. The van der Waals surface area contributed by atoms with Crippen molar-refractivity contribution >= 4 is 21.7 Å². The summed E-state index contributed by atoms with van der Waals surface area (Å²) in [6.07, 6.45) is 0. The molecule has 0 aromatic heterocycles. The maximum Gasteiger partial charge on any atom is 0.184 e. The number of hydrogen-bond donors (Lipinski definition) is 0. The van der Waals surface area contributed by atoms with E-state index in [1.807, 2.05) is 6.07 Å². The number of halogens is 3. The number of carbonyl (C=O) groups is 1. The Morgan fingerprint density at radius 1 is 1.10 bits per heavy atom.